The highest BCUT2D eigenvalue weighted by Crippen LogP contribution is 2.29. The Kier molecular flexibility index (Phi) is 4.45. The average Bonchev–Trinajstić information content (AvgIpc) is 2.95. The van der Waals surface area contributed by atoms with E-state index in [0.29, 0.717) is 5.92 Å². The molecule has 2 aliphatic carbocycles. The van der Waals surface area contributed by atoms with Gasteiger partial charge in [-0.1, -0.05) is 26.2 Å². The van der Waals surface area contributed by atoms with Crippen molar-refractivity contribution in [2.75, 3.05) is 19.8 Å². The zero-order valence-corrected chi connectivity index (χ0v) is 10.0. The van der Waals surface area contributed by atoms with Crippen LogP contribution in [-0.2, 0) is 4.74 Å². The molecule has 2 rings (SSSR count). The summed E-state index contributed by atoms with van der Waals surface area (Å²) in [5.41, 5.74) is 0. The Hall–Kier alpha value is -0.0800. The maximum atomic E-state index is 5.71. The Morgan fingerprint density at radius 3 is 2.67 bits per heavy atom. The summed E-state index contributed by atoms with van der Waals surface area (Å²) in [7, 11) is 0. The summed E-state index contributed by atoms with van der Waals surface area (Å²) in [5, 5.41) is 3.55. The minimum Gasteiger partial charge on any atom is -0.381 e. The quantitative estimate of drug-likeness (QED) is 0.623. The lowest BCUT2D eigenvalue weighted by atomic mass is 9.83. The van der Waals surface area contributed by atoms with Crippen LogP contribution in [0.5, 0.6) is 0 Å². The van der Waals surface area contributed by atoms with Gasteiger partial charge < -0.3 is 10.1 Å². The van der Waals surface area contributed by atoms with E-state index < -0.39 is 0 Å². The van der Waals surface area contributed by atoms with Gasteiger partial charge in [0, 0.05) is 19.2 Å². The second kappa shape index (κ2) is 5.86. The number of rotatable bonds is 8. The molecule has 2 heteroatoms. The molecular weight excluding hydrogens is 186 g/mol. The van der Waals surface area contributed by atoms with E-state index in [4.69, 9.17) is 4.74 Å². The van der Waals surface area contributed by atoms with Gasteiger partial charge in [0.25, 0.3) is 0 Å². The Morgan fingerprint density at radius 2 is 2.07 bits per heavy atom. The van der Waals surface area contributed by atoms with E-state index in [1.165, 1.54) is 38.5 Å². The second-order valence-corrected chi connectivity index (χ2v) is 5.45. The Morgan fingerprint density at radius 1 is 1.27 bits per heavy atom. The van der Waals surface area contributed by atoms with Crippen molar-refractivity contribution in [2.24, 2.45) is 11.8 Å². The van der Waals surface area contributed by atoms with Gasteiger partial charge in [0.2, 0.25) is 0 Å². The summed E-state index contributed by atoms with van der Waals surface area (Å²) >= 11 is 0. The van der Waals surface area contributed by atoms with Gasteiger partial charge in [-0.05, 0) is 31.1 Å². The predicted molar refractivity (Wildman–Crippen MR) is 63.0 cm³/mol. The topological polar surface area (TPSA) is 21.3 Å². The third-order valence-corrected chi connectivity index (χ3v) is 3.63. The zero-order valence-electron chi connectivity index (χ0n) is 10.0. The Labute approximate surface area is 93.8 Å². The molecule has 0 aromatic carbocycles. The first-order chi connectivity index (χ1) is 7.34. The van der Waals surface area contributed by atoms with Crippen LogP contribution in [0.2, 0.25) is 0 Å². The normalized spacial score (nSPS) is 23.8. The third-order valence-electron chi connectivity index (χ3n) is 3.63. The van der Waals surface area contributed by atoms with E-state index in [1.54, 1.807) is 0 Å². The first-order valence-electron chi connectivity index (χ1n) is 6.65. The standard InChI is InChI=1S/C13H25NO/c1-11(9-14-13-5-6-13)10-15-8-7-12-3-2-4-12/h11-14H,2-10H2,1H3. The van der Waals surface area contributed by atoms with E-state index in [0.717, 1.165) is 31.7 Å². The fourth-order valence-electron chi connectivity index (χ4n) is 2.03. The first kappa shape index (κ1) is 11.4. The van der Waals surface area contributed by atoms with Crippen molar-refractivity contribution < 1.29 is 4.74 Å². The SMILES string of the molecule is CC(CNC1CC1)COCCC1CCC1. The van der Waals surface area contributed by atoms with Gasteiger partial charge in [0.05, 0.1) is 6.61 Å². The van der Waals surface area contributed by atoms with Crippen LogP contribution < -0.4 is 5.32 Å². The van der Waals surface area contributed by atoms with Crippen molar-refractivity contribution in [1.82, 2.24) is 5.32 Å². The maximum Gasteiger partial charge on any atom is 0.0503 e. The zero-order chi connectivity index (χ0) is 10.5. The number of hydrogen-bond acceptors (Lipinski definition) is 2. The lowest BCUT2D eigenvalue weighted by Crippen LogP contribution is -2.26. The summed E-state index contributed by atoms with van der Waals surface area (Å²) in [6, 6.07) is 0.836. The van der Waals surface area contributed by atoms with Crippen LogP contribution in [0.25, 0.3) is 0 Å². The largest absolute Gasteiger partial charge is 0.381 e. The van der Waals surface area contributed by atoms with Crippen molar-refractivity contribution >= 4 is 0 Å². The molecule has 2 fully saturated rings. The Balaban J connectivity index is 1.38. The van der Waals surface area contributed by atoms with Gasteiger partial charge >= 0.3 is 0 Å². The summed E-state index contributed by atoms with van der Waals surface area (Å²) in [6.07, 6.45) is 8.41. The molecule has 2 aliphatic rings. The molecule has 15 heavy (non-hydrogen) atoms. The second-order valence-electron chi connectivity index (χ2n) is 5.45. The van der Waals surface area contributed by atoms with Crippen LogP contribution in [0, 0.1) is 11.8 Å². The predicted octanol–water partition coefficient (Wildman–Crippen LogP) is 2.58. The molecule has 2 saturated carbocycles. The van der Waals surface area contributed by atoms with Crippen molar-refractivity contribution in [1.29, 1.82) is 0 Å². The first-order valence-corrected chi connectivity index (χ1v) is 6.65. The molecule has 0 radical (unpaired) electrons. The molecule has 0 saturated heterocycles. The molecule has 1 N–H and O–H groups in total. The maximum absolute atomic E-state index is 5.71. The van der Waals surface area contributed by atoms with Crippen LogP contribution >= 0.6 is 0 Å². The Bertz CT molecular complexity index is 175. The van der Waals surface area contributed by atoms with E-state index in [1.807, 2.05) is 0 Å². The van der Waals surface area contributed by atoms with Gasteiger partial charge in [-0.15, -0.1) is 0 Å². The van der Waals surface area contributed by atoms with Crippen molar-refractivity contribution in [3.8, 4) is 0 Å². The van der Waals surface area contributed by atoms with Crippen molar-refractivity contribution in [3.05, 3.63) is 0 Å². The van der Waals surface area contributed by atoms with Crippen LogP contribution in [0.3, 0.4) is 0 Å². The molecule has 0 aliphatic heterocycles. The van der Waals surface area contributed by atoms with Gasteiger partial charge in [-0.25, -0.2) is 0 Å². The number of hydrogen-bond donors (Lipinski definition) is 1. The average molecular weight is 211 g/mol. The van der Waals surface area contributed by atoms with Gasteiger partial charge in [-0.3, -0.25) is 0 Å². The third kappa shape index (κ3) is 4.52. The fraction of sp³-hybridized carbons (Fsp3) is 1.00. The lowest BCUT2D eigenvalue weighted by Gasteiger charge is -2.25. The summed E-state index contributed by atoms with van der Waals surface area (Å²) in [6.45, 7) is 5.33. The molecule has 0 aromatic rings. The van der Waals surface area contributed by atoms with Gasteiger partial charge in [-0.2, -0.15) is 0 Å². The fourth-order valence-corrected chi connectivity index (χ4v) is 2.03. The van der Waals surface area contributed by atoms with E-state index >= 15 is 0 Å². The minimum absolute atomic E-state index is 0.673. The van der Waals surface area contributed by atoms with E-state index in [-0.39, 0.29) is 0 Å². The highest BCUT2D eigenvalue weighted by atomic mass is 16.5. The minimum atomic E-state index is 0.673. The highest BCUT2D eigenvalue weighted by Gasteiger charge is 2.21. The summed E-state index contributed by atoms with van der Waals surface area (Å²) < 4.78 is 5.71. The molecule has 1 atom stereocenters. The molecule has 0 aromatic heterocycles. The van der Waals surface area contributed by atoms with Crippen LogP contribution in [0.1, 0.15) is 45.4 Å². The van der Waals surface area contributed by atoms with Crippen LogP contribution in [0.15, 0.2) is 0 Å². The van der Waals surface area contributed by atoms with E-state index in [9.17, 15) is 0 Å². The highest BCUT2D eigenvalue weighted by molar-refractivity contribution is 4.81. The monoisotopic (exact) mass is 211 g/mol. The van der Waals surface area contributed by atoms with Crippen molar-refractivity contribution in [3.63, 3.8) is 0 Å². The molecule has 1 unspecified atom stereocenters. The smallest absolute Gasteiger partial charge is 0.0503 e. The molecule has 2 nitrogen and oxygen atoms in total. The molecule has 0 heterocycles. The summed E-state index contributed by atoms with van der Waals surface area (Å²) in [4.78, 5) is 0. The molecule has 88 valence electrons. The lowest BCUT2D eigenvalue weighted by molar-refractivity contribution is 0.0830. The molecular formula is C13H25NO. The van der Waals surface area contributed by atoms with E-state index in [2.05, 4.69) is 12.2 Å². The molecule has 0 spiro atoms. The van der Waals surface area contributed by atoms with Crippen molar-refractivity contribution in [2.45, 2.75) is 51.5 Å². The molecule has 0 amide bonds. The van der Waals surface area contributed by atoms with Crippen LogP contribution in [-0.4, -0.2) is 25.8 Å². The van der Waals surface area contributed by atoms with Crippen LogP contribution in [0.4, 0.5) is 0 Å². The van der Waals surface area contributed by atoms with Gasteiger partial charge in [0.15, 0.2) is 0 Å². The number of ether oxygens (including phenoxy) is 1. The van der Waals surface area contributed by atoms with Gasteiger partial charge in [0.1, 0.15) is 0 Å². The number of nitrogens with one attached hydrogen (secondary N) is 1. The molecule has 0 bridgehead atoms. The summed E-state index contributed by atoms with van der Waals surface area (Å²) in [5.74, 6) is 1.66.